The predicted molar refractivity (Wildman–Crippen MR) is 93.6 cm³/mol. The zero-order valence-electron chi connectivity index (χ0n) is 11.9. The zero-order valence-corrected chi connectivity index (χ0v) is 14.3. The van der Waals surface area contributed by atoms with E-state index in [1.807, 2.05) is 11.8 Å². The lowest BCUT2D eigenvalue weighted by Gasteiger charge is -2.21. The van der Waals surface area contributed by atoms with Gasteiger partial charge >= 0.3 is 0 Å². The number of anilines is 1. The van der Waals surface area contributed by atoms with Crippen LogP contribution in [0.1, 0.15) is 31.9 Å². The molecule has 0 bridgehead atoms. The van der Waals surface area contributed by atoms with Crippen molar-refractivity contribution in [1.82, 2.24) is 0 Å². The van der Waals surface area contributed by atoms with Crippen LogP contribution in [0.5, 0.6) is 0 Å². The summed E-state index contributed by atoms with van der Waals surface area (Å²) in [5.74, 6) is 1.09. The van der Waals surface area contributed by atoms with Gasteiger partial charge in [0.25, 0.3) is 0 Å². The van der Waals surface area contributed by atoms with Crippen LogP contribution < -0.4 is 5.32 Å². The second-order valence-electron chi connectivity index (χ2n) is 4.59. The van der Waals surface area contributed by atoms with Crippen molar-refractivity contribution >= 4 is 33.4 Å². The van der Waals surface area contributed by atoms with Crippen LogP contribution >= 0.6 is 27.7 Å². The highest BCUT2D eigenvalue weighted by Gasteiger charge is 2.11. The van der Waals surface area contributed by atoms with Gasteiger partial charge in [-0.15, -0.1) is 11.8 Å². The Morgan fingerprint density at radius 2 is 1.90 bits per heavy atom. The van der Waals surface area contributed by atoms with Crippen LogP contribution in [0.15, 0.2) is 57.9 Å². The maximum absolute atomic E-state index is 3.68. The topological polar surface area (TPSA) is 12.0 Å². The van der Waals surface area contributed by atoms with Crippen molar-refractivity contribution in [2.24, 2.45) is 0 Å². The highest BCUT2D eigenvalue weighted by Crippen LogP contribution is 2.31. The molecule has 0 heterocycles. The molecule has 3 heteroatoms. The molecule has 1 N–H and O–H groups in total. The number of halogens is 1. The summed E-state index contributed by atoms with van der Waals surface area (Å²) in [6.45, 7) is 4.40. The molecule has 2 aromatic carbocycles. The van der Waals surface area contributed by atoms with Crippen LogP contribution in [0.4, 0.5) is 5.69 Å². The number of rotatable bonds is 6. The molecule has 0 saturated carbocycles. The van der Waals surface area contributed by atoms with Gasteiger partial charge in [0.15, 0.2) is 0 Å². The molecule has 0 spiro atoms. The summed E-state index contributed by atoms with van der Waals surface area (Å²) in [5.41, 5.74) is 2.55. The van der Waals surface area contributed by atoms with Crippen molar-refractivity contribution in [3.63, 3.8) is 0 Å². The van der Waals surface area contributed by atoms with E-state index >= 15 is 0 Å². The second kappa shape index (κ2) is 7.75. The maximum atomic E-state index is 3.68. The van der Waals surface area contributed by atoms with E-state index < -0.39 is 0 Å². The molecule has 0 aliphatic rings. The van der Waals surface area contributed by atoms with Crippen LogP contribution in [0.3, 0.4) is 0 Å². The summed E-state index contributed by atoms with van der Waals surface area (Å²) in [4.78, 5) is 1.32. The maximum Gasteiger partial charge on any atom is 0.0512 e. The molecule has 1 nitrogen and oxygen atoms in total. The molecule has 0 fully saturated rings. The van der Waals surface area contributed by atoms with E-state index in [-0.39, 0.29) is 0 Å². The van der Waals surface area contributed by atoms with Crippen molar-refractivity contribution in [1.29, 1.82) is 0 Å². The number of thioether (sulfide) groups is 1. The van der Waals surface area contributed by atoms with Gasteiger partial charge in [-0.25, -0.2) is 0 Å². The number of hydrogen-bond acceptors (Lipinski definition) is 2. The third-order valence-corrected chi connectivity index (χ3v) is 4.62. The Labute approximate surface area is 134 Å². The number of para-hydroxylation sites is 1. The predicted octanol–water partition coefficient (Wildman–Crippen LogP) is 6.12. The van der Waals surface area contributed by atoms with E-state index in [0.29, 0.717) is 6.04 Å². The zero-order chi connectivity index (χ0) is 14.4. The lowest BCUT2D eigenvalue weighted by molar-refractivity contribution is 0.746. The summed E-state index contributed by atoms with van der Waals surface area (Å²) in [6, 6.07) is 17.4. The van der Waals surface area contributed by atoms with Gasteiger partial charge < -0.3 is 5.32 Å². The van der Waals surface area contributed by atoms with Gasteiger partial charge in [-0.1, -0.05) is 54.0 Å². The summed E-state index contributed by atoms with van der Waals surface area (Å²) in [7, 11) is 0. The normalized spacial score (nSPS) is 12.2. The molecule has 0 amide bonds. The molecule has 1 unspecified atom stereocenters. The van der Waals surface area contributed by atoms with Crippen molar-refractivity contribution < 1.29 is 0 Å². The first kappa shape index (κ1) is 15.5. The third-order valence-electron chi connectivity index (χ3n) is 3.18. The first-order chi connectivity index (χ1) is 9.74. The lowest BCUT2D eigenvalue weighted by atomic mass is 10.0. The minimum atomic E-state index is 0.339. The molecular formula is C17H20BrNS. The van der Waals surface area contributed by atoms with E-state index in [2.05, 4.69) is 83.6 Å². The monoisotopic (exact) mass is 349 g/mol. The van der Waals surface area contributed by atoms with Gasteiger partial charge in [-0.3, -0.25) is 0 Å². The van der Waals surface area contributed by atoms with Gasteiger partial charge in [-0.2, -0.15) is 0 Å². The Morgan fingerprint density at radius 3 is 2.60 bits per heavy atom. The van der Waals surface area contributed by atoms with Crippen LogP contribution in [0, 0.1) is 0 Å². The van der Waals surface area contributed by atoms with Crippen molar-refractivity contribution in [3.05, 3.63) is 58.6 Å². The van der Waals surface area contributed by atoms with E-state index in [0.717, 1.165) is 16.6 Å². The molecule has 0 aliphatic carbocycles. The molecule has 0 radical (unpaired) electrons. The highest BCUT2D eigenvalue weighted by molar-refractivity contribution is 9.10. The number of hydrogen-bond donors (Lipinski definition) is 1. The molecule has 2 aromatic rings. The van der Waals surface area contributed by atoms with E-state index in [4.69, 9.17) is 0 Å². The van der Waals surface area contributed by atoms with Crippen LogP contribution in [0.2, 0.25) is 0 Å². The van der Waals surface area contributed by atoms with Gasteiger partial charge in [0, 0.05) is 15.1 Å². The molecular weight excluding hydrogens is 330 g/mol. The fourth-order valence-electron chi connectivity index (χ4n) is 2.20. The van der Waals surface area contributed by atoms with E-state index in [9.17, 15) is 0 Å². The Bertz CT molecular complexity index is 556. The quantitative estimate of drug-likeness (QED) is 0.630. The second-order valence-corrected chi connectivity index (χ2v) is 6.81. The fraction of sp³-hybridized carbons (Fsp3) is 0.294. The fourth-order valence-corrected chi connectivity index (χ4v) is 3.38. The highest BCUT2D eigenvalue weighted by atomic mass is 79.9. The summed E-state index contributed by atoms with van der Waals surface area (Å²) in [6.07, 6.45) is 1.06. The molecule has 0 aromatic heterocycles. The molecule has 0 saturated heterocycles. The molecule has 1 atom stereocenters. The standard InChI is InChI=1S/C17H20BrNS/c1-3-15(13-8-7-9-14(18)12-13)19-16-10-5-6-11-17(16)20-4-2/h5-12,15,19H,3-4H2,1-2H3. The molecule has 20 heavy (non-hydrogen) atoms. The molecule has 2 rings (SSSR count). The van der Waals surface area contributed by atoms with E-state index in [1.54, 1.807) is 0 Å². The Morgan fingerprint density at radius 1 is 1.10 bits per heavy atom. The molecule has 0 aliphatic heterocycles. The minimum absolute atomic E-state index is 0.339. The third kappa shape index (κ3) is 4.03. The van der Waals surface area contributed by atoms with Gasteiger partial charge in [-0.05, 0) is 42.0 Å². The average molecular weight is 350 g/mol. The van der Waals surface area contributed by atoms with Gasteiger partial charge in [0.1, 0.15) is 0 Å². The number of benzene rings is 2. The molecule has 106 valence electrons. The van der Waals surface area contributed by atoms with Gasteiger partial charge in [0.05, 0.1) is 6.04 Å². The van der Waals surface area contributed by atoms with Crippen LogP contribution in [-0.2, 0) is 0 Å². The van der Waals surface area contributed by atoms with Crippen molar-refractivity contribution in [2.75, 3.05) is 11.1 Å². The Kier molecular flexibility index (Phi) is 5.99. The van der Waals surface area contributed by atoms with Crippen molar-refractivity contribution in [3.8, 4) is 0 Å². The first-order valence-corrected chi connectivity index (χ1v) is 8.76. The van der Waals surface area contributed by atoms with Crippen LogP contribution in [0.25, 0.3) is 0 Å². The van der Waals surface area contributed by atoms with Crippen LogP contribution in [-0.4, -0.2) is 5.75 Å². The Balaban J connectivity index is 2.22. The smallest absolute Gasteiger partial charge is 0.0512 e. The lowest BCUT2D eigenvalue weighted by Crippen LogP contribution is -2.10. The van der Waals surface area contributed by atoms with Crippen molar-refractivity contribution in [2.45, 2.75) is 31.2 Å². The summed E-state index contributed by atoms with van der Waals surface area (Å²) >= 11 is 5.43. The summed E-state index contributed by atoms with van der Waals surface area (Å²) in [5, 5.41) is 3.68. The average Bonchev–Trinajstić information content (AvgIpc) is 2.46. The van der Waals surface area contributed by atoms with E-state index in [1.165, 1.54) is 16.1 Å². The SMILES string of the molecule is CCSc1ccccc1NC(CC)c1cccc(Br)c1. The summed E-state index contributed by atoms with van der Waals surface area (Å²) < 4.78 is 1.13. The number of nitrogens with one attached hydrogen (secondary N) is 1. The Hall–Kier alpha value is -0.930. The largest absolute Gasteiger partial charge is 0.377 e. The van der Waals surface area contributed by atoms with Gasteiger partial charge in [0.2, 0.25) is 0 Å². The first-order valence-electron chi connectivity index (χ1n) is 6.98. The minimum Gasteiger partial charge on any atom is -0.377 e.